The van der Waals surface area contributed by atoms with Crippen LogP contribution in [0.5, 0.6) is 5.75 Å². The Hall–Kier alpha value is -1.39. The van der Waals surface area contributed by atoms with Gasteiger partial charge in [-0.05, 0) is 50.1 Å². The van der Waals surface area contributed by atoms with Gasteiger partial charge in [-0.1, -0.05) is 22.0 Å². The van der Waals surface area contributed by atoms with Gasteiger partial charge >= 0.3 is 0 Å². The predicted molar refractivity (Wildman–Crippen MR) is 82.9 cm³/mol. The molecule has 0 aliphatic rings. The topological polar surface area (TPSA) is 42.4 Å². The molecule has 0 radical (unpaired) electrons. The van der Waals surface area contributed by atoms with Crippen molar-refractivity contribution in [2.45, 2.75) is 33.0 Å². The summed E-state index contributed by atoms with van der Waals surface area (Å²) in [5, 5.41) is 10.5. The van der Waals surface area contributed by atoms with Crippen LogP contribution in [0, 0.1) is 6.92 Å². The third-order valence-corrected chi connectivity index (χ3v) is 3.26. The first-order chi connectivity index (χ1) is 9.45. The van der Waals surface area contributed by atoms with E-state index in [1.807, 2.05) is 45.0 Å². The normalized spacial score (nSPS) is 12.5. The number of nitrogens with zero attached hydrogens (tertiary/aromatic N) is 1. The molecule has 1 atom stereocenters. The van der Waals surface area contributed by atoms with E-state index in [2.05, 4.69) is 20.9 Å². The number of ether oxygens (including phenoxy) is 1. The molecule has 2 rings (SSSR count). The van der Waals surface area contributed by atoms with Gasteiger partial charge in [0.25, 0.3) is 0 Å². The summed E-state index contributed by atoms with van der Waals surface area (Å²) in [6.45, 7) is 5.92. The number of aromatic nitrogens is 1. The molecule has 0 saturated carbocycles. The lowest BCUT2D eigenvalue weighted by atomic mass is 10.0. The lowest BCUT2D eigenvalue weighted by Crippen LogP contribution is -2.07. The maximum Gasteiger partial charge on any atom is 0.138 e. The molecule has 0 saturated heterocycles. The van der Waals surface area contributed by atoms with Crippen molar-refractivity contribution in [2.24, 2.45) is 0 Å². The Bertz CT molecular complexity index is 579. The molecule has 0 aliphatic carbocycles. The number of aliphatic hydroxyl groups excluding tert-OH is 1. The summed E-state index contributed by atoms with van der Waals surface area (Å²) in [6, 6.07) is 7.71. The van der Waals surface area contributed by atoms with Crippen LogP contribution in [0.4, 0.5) is 0 Å². The van der Waals surface area contributed by atoms with Crippen molar-refractivity contribution < 1.29 is 9.84 Å². The predicted octanol–water partition coefficient (Wildman–Crippen LogP) is 4.02. The lowest BCUT2D eigenvalue weighted by molar-refractivity contribution is 0.215. The molecule has 0 fully saturated rings. The molecule has 0 aliphatic heterocycles. The molecule has 4 heteroatoms. The summed E-state index contributed by atoms with van der Waals surface area (Å²) >= 11 is 3.45. The molecule has 20 heavy (non-hydrogen) atoms. The van der Waals surface area contributed by atoms with Crippen molar-refractivity contribution in [1.29, 1.82) is 0 Å². The van der Waals surface area contributed by atoms with Crippen molar-refractivity contribution >= 4 is 15.9 Å². The van der Waals surface area contributed by atoms with E-state index in [1.165, 1.54) is 0 Å². The summed E-state index contributed by atoms with van der Waals surface area (Å²) in [6.07, 6.45) is 2.68. The van der Waals surface area contributed by atoms with Gasteiger partial charge in [0, 0.05) is 16.2 Å². The quantitative estimate of drug-likeness (QED) is 0.917. The molecule has 0 bridgehead atoms. The van der Waals surface area contributed by atoms with Gasteiger partial charge in [-0.3, -0.25) is 4.98 Å². The van der Waals surface area contributed by atoms with Gasteiger partial charge < -0.3 is 9.84 Å². The summed E-state index contributed by atoms with van der Waals surface area (Å²) < 4.78 is 6.56. The van der Waals surface area contributed by atoms with Crippen LogP contribution in [-0.2, 0) is 0 Å². The molecule has 106 valence electrons. The third-order valence-electron chi connectivity index (χ3n) is 2.80. The standard InChI is InChI=1S/C16H18BrNO2/c1-10(2)20-15-7-13(8-18-9-15)16(19)12-4-11(3)5-14(17)6-12/h4-10,16,19H,1-3H3. The summed E-state index contributed by atoms with van der Waals surface area (Å²) in [5.74, 6) is 0.670. The molecular formula is C16H18BrNO2. The molecule has 2 aromatic rings. The zero-order chi connectivity index (χ0) is 14.7. The van der Waals surface area contributed by atoms with Gasteiger partial charge in [-0.15, -0.1) is 0 Å². The number of aliphatic hydroxyl groups is 1. The summed E-state index contributed by atoms with van der Waals surface area (Å²) in [4.78, 5) is 4.13. The Labute approximate surface area is 127 Å². The van der Waals surface area contributed by atoms with Gasteiger partial charge in [-0.2, -0.15) is 0 Å². The zero-order valence-corrected chi connectivity index (χ0v) is 13.4. The largest absolute Gasteiger partial charge is 0.489 e. The first-order valence-corrected chi connectivity index (χ1v) is 7.32. The fourth-order valence-electron chi connectivity index (χ4n) is 2.04. The minimum Gasteiger partial charge on any atom is -0.489 e. The van der Waals surface area contributed by atoms with E-state index in [0.29, 0.717) is 5.75 Å². The monoisotopic (exact) mass is 335 g/mol. The molecule has 1 aromatic carbocycles. The highest BCUT2D eigenvalue weighted by molar-refractivity contribution is 9.10. The Balaban J connectivity index is 2.30. The molecule has 1 N–H and O–H groups in total. The van der Waals surface area contributed by atoms with Gasteiger partial charge in [0.2, 0.25) is 0 Å². The van der Waals surface area contributed by atoms with E-state index in [4.69, 9.17) is 4.74 Å². The van der Waals surface area contributed by atoms with E-state index >= 15 is 0 Å². The minimum absolute atomic E-state index is 0.0808. The SMILES string of the molecule is Cc1cc(Br)cc(C(O)c2cncc(OC(C)C)c2)c1. The van der Waals surface area contributed by atoms with Crippen molar-refractivity contribution in [3.8, 4) is 5.75 Å². The van der Waals surface area contributed by atoms with Crippen LogP contribution < -0.4 is 4.74 Å². The van der Waals surface area contributed by atoms with Crippen LogP contribution >= 0.6 is 15.9 Å². The molecule has 1 aromatic heterocycles. The fourth-order valence-corrected chi connectivity index (χ4v) is 2.66. The molecule has 1 unspecified atom stereocenters. The van der Waals surface area contributed by atoms with E-state index < -0.39 is 6.10 Å². The molecule has 1 heterocycles. The molecular weight excluding hydrogens is 318 g/mol. The maximum atomic E-state index is 10.5. The van der Waals surface area contributed by atoms with Gasteiger partial charge in [-0.25, -0.2) is 0 Å². The first kappa shape index (κ1) is 15.0. The van der Waals surface area contributed by atoms with Crippen LogP contribution in [0.1, 0.15) is 36.6 Å². The summed E-state index contributed by atoms with van der Waals surface area (Å²) in [5.41, 5.74) is 2.65. The second-order valence-electron chi connectivity index (χ2n) is 5.09. The highest BCUT2D eigenvalue weighted by atomic mass is 79.9. The van der Waals surface area contributed by atoms with E-state index in [-0.39, 0.29) is 6.10 Å². The zero-order valence-electron chi connectivity index (χ0n) is 11.8. The lowest BCUT2D eigenvalue weighted by Gasteiger charge is -2.15. The van der Waals surface area contributed by atoms with Crippen molar-refractivity contribution in [1.82, 2.24) is 4.98 Å². The third kappa shape index (κ3) is 3.81. The second-order valence-corrected chi connectivity index (χ2v) is 6.00. The maximum absolute atomic E-state index is 10.5. The van der Waals surface area contributed by atoms with E-state index in [0.717, 1.165) is 21.2 Å². The van der Waals surface area contributed by atoms with Crippen LogP contribution in [-0.4, -0.2) is 16.2 Å². The molecule has 0 spiro atoms. The second kappa shape index (κ2) is 6.37. The highest BCUT2D eigenvalue weighted by Gasteiger charge is 2.13. The van der Waals surface area contributed by atoms with Crippen LogP contribution in [0.3, 0.4) is 0 Å². The van der Waals surface area contributed by atoms with E-state index in [1.54, 1.807) is 12.4 Å². The van der Waals surface area contributed by atoms with Crippen LogP contribution in [0.25, 0.3) is 0 Å². The fraction of sp³-hybridized carbons (Fsp3) is 0.312. The molecule has 3 nitrogen and oxygen atoms in total. The number of halogens is 1. The van der Waals surface area contributed by atoms with Crippen LogP contribution in [0.2, 0.25) is 0 Å². The average Bonchev–Trinajstić information content (AvgIpc) is 2.36. The number of aryl methyl sites for hydroxylation is 1. The molecule has 0 amide bonds. The smallest absolute Gasteiger partial charge is 0.138 e. The number of hydrogen-bond donors (Lipinski definition) is 1. The van der Waals surface area contributed by atoms with Crippen molar-refractivity contribution in [3.05, 3.63) is 57.8 Å². The number of rotatable bonds is 4. The highest BCUT2D eigenvalue weighted by Crippen LogP contribution is 2.27. The Morgan fingerprint density at radius 3 is 2.50 bits per heavy atom. The number of benzene rings is 1. The summed E-state index contributed by atoms with van der Waals surface area (Å²) in [7, 11) is 0. The first-order valence-electron chi connectivity index (χ1n) is 6.52. The van der Waals surface area contributed by atoms with Crippen molar-refractivity contribution in [2.75, 3.05) is 0 Å². The Morgan fingerprint density at radius 2 is 1.85 bits per heavy atom. The van der Waals surface area contributed by atoms with Gasteiger partial charge in [0.15, 0.2) is 0 Å². The van der Waals surface area contributed by atoms with Gasteiger partial charge in [0.05, 0.1) is 12.3 Å². The Morgan fingerprint density at radius 1 is 1.10 bits per heavy atom. The Kier molecular flexibility index (Phi) is 4.78. The van der Waals surface area contributed by atoms with E-state index in [9.17, 15) is 5.11 Å². The minimum atomic E-state index is -0.714. The number of pyridine rings is 1. The van der Waals surface area contributed by atoms with Gasteiger partial charge in [0.1, 0.15) is 11.9 Å². The average molecular weight is 336 g/mol. The van der Waals surface area contributed by atoms with Crippen LogP contribution in [0.15, 0.2) is 41.1 Å². The van der Waals surface area contributed by atoms with Crippen molar-refractivity contribution in [3.63, 3.8) is 0 Å². The number of hydrogen-bond acceptors (Lipinski definition) is 3.